The molecule has 0 spiro atoms. The number of nitriles is 1. The molecule has 0 saturated carbocycles. The fraction of sp³-hybridized carbons (Fsp3) is 0.500. The minimum absolute atomic E-state index is 0.0122. The summed E-state index contributed by atoms with van der Waals surface area (Å²) in [6.45, 7) is 1.76. The van der Waals surface area contributed by atoms with E-state index in [1.807, 2.05) is 12.4 Å². The van der Waals surface area contributed by atoms with Crippen LogP contribution in [-0.4, -0.2) is 48.1 Å². The van der Waals surface area contributed by atoms with Gasteiger partial charge in [-0.3, -0.25) is 4.98 Å². The van der Waals surface area contributed by atoms with Gasteiger partial charge < -0.3 is 9.64 Å². The summed E-state index contributed by atoms with van der Waals surface area (Å²) in [5.41, 5.74) is 6.24. The van der Waals surface area contributed by atoms with E-state index < -0.39 is 0 Å². The van der Waals surface area contributed by atoms with Crippen molar-refractivity contribution >= 4 is 11.5 Å². The molecule has 0 N–H and O–H groups in total. The number of dihydropyridines is 1. The SMILES string of the molecule is CN1CCC[C@H]1COC1=NC2C=C(c3cncc4c3CCCC4)C=CC2C=C1CC#N. The largest absolute Gasteiger partial charge is 0.476 e. The van der Waals surface area contributed by atoms with E-state index in [1.54, 1.807) is 0 Å². The molecule has 5 nitrogen and oxygen atoms in total. The summed E-state index contributed by atoms with van der Waals surface area (Å²) in [5.74, 6) is 0.836. The van der Waals surface area contributed by atoms with Gasteiger partial charge in [-0.05, 0) is 68.8 Å². The summed E-state index contributed by atoms with van der Waals surface area (Å²) in [5, 5.41) is 9.31. The number of pyridine rings is 1. The zero-order valence-electron chi connectivity index (χ0n) is 18.3. The summed E-state index contributed by atoms with van der Waals surface area (Å²) in [6, 6.07) is 2.73. The first kappa shape index (κ1) is 20.2. The smallest absolute Gasteiger partial charge is 0.213 e. The Balaban J connectivity index is 1.41. The second kappa shape index (κ2) is 8.80. The highest BCUT2D eigenvalue weighted by atomic mass is 16.5. The number of aromatic nitrogens is 1. The topological polar surface area (TPSA) is 61.5 Å². The maximum absolute atomic E-state index is 9.31. The number of likely N-dealkylation sites (tertiary alicyclic amines) is 1. The second-order valence-electron chi connectivity index (χ2n) is 9.13. The van der Waals surface area contributed by atoms with Gasteiger partial charge in [0.25, 0.3) is 0 Å². The summed E-state index contributed by atoms with van der Waals surface area (Å²) in [6.07, 6.45) is 20.4. The van der Waals surface area contributed by atoms with E-state index in [0.29, 0.717) is 25.0 Å². The van der Waals surface area contributed by atoms with Gasteiger partial charge in [-0.2, -0.15) is 5.26 Å². The van der Waals surface area contributed by atoms with Crippen LogP contribution in [0.4, 0.5) is 0 Å². The van der Waals surface area contributed by atoms with Gasteiger partial charge in [0.2, 0.25) is 5.90 Å². The number of aliphatic imine (C=N–C) groups is 1. The molecule has 2 aliphatic carbocycles. The number of aryl methyl sites for hydroxylation is 1. The van der Waals surface area contributed by atoms with Crippen LogP contribution >= 0.6 is 0 Å². The first-order valence-electron chi connectivity index (χ1n) is 11.6. The van der Waals surface area contributed by atoms with E-state index >= 15 is 0 Å². The number of hydrogen-bond donors (Lipinski definition) is 0. The fourth-order valence-electron chi connectivity index (χ4n) is 5.28. The van der Waals surface area contributed by atoms with Gasteiger partial charge in [0.05, 0.1) is 18.5 Å². The predicted molar refractivity (Wildman–Crippen MR) is 123 cm³/mol. The summed E-state index contributed by atoms with van der Waals surface area (Å²) >= 11 is 0. The number of fused-ring (bicyclic) bond motifs is 2. The van der Waals surface area contributed by atoms with Gasteiger partial charge in [0.15, 0.2) is 0 Å². The van der Waals surface area contributed by atoms with Crippen molar-refractivity contribution in [1.29, 1.82) is 5.26 Å². The van der Waals surface area contributed by atoms with Crippen molar-refractivity contribution in [2.24, 2.45) is 10.9 Å². The number of hydrogen-bond acceptors (Lipinski definition) is 5. The third kappa shape index (κ3) is 4.09. The lowest BCUT2D eigenvalue weighted by atomic mass is 9.82. The molecule has 2 aliphatic heterocycles. The second-order valence-corrected chi connectivity index (χ2v) is 9.13. The first-order valence-corrected chi connectivity index (χ1v) is 11.6. The fourth-order valence-corrected chi connectivity index (χ4v) is 5.28. The molecule has 0 radical (unpaired) electrons. The van der Waals surface area contributed by atoms with Crippen LogP contribution in [0.1, 0.15) is 48.8 Å². The molecule has 31 heavy (non-hydrogen) atoms. The van der Waals surface area contributed by atoms with Crippen LogP contribution in [0.25, 0.3) is 5.57 Å². The molecule has 1 aromatic rings. The average Bonchev–Trinajstić information content (AvgIpc) is 3.22. The van der Waals surface area contributed by atoms with Crippen LogP contribution in [-0.2, 0) is 17.6 Å². The molecule has 2 unspecified atom stereocenters. The van der Waals surface area contributed by atoms with Crippen molar-refractivity contribution in [3.05, 3.63) is 59.0 Å². The van der Waals surface area contributed by atoms with Gasteiger partial charge in [0, 0.05) is 35.5 Å². The van der Waals surface area contributed by atoms with E-state index in [2.05, 4.69) is 47.3 Å². The highest BCUT2D eigenvalue weighted by Gasteiger charge is 2.29. The molecule has 4 aliphatic rings. The molecule has 1 saturated heterocycles. The van der Waals surface area contributed by atoms with Crippen LogP contribution < -0.4 is 0 Å². The standard InChI is InChI=1S/C26H30N4O/c1-30-12-4-6-22(30)17-31-26-20(10-11-27)13-19-9-8-18(14-25(19)29-26)24-16-28-15-21-5-2-3-7-23(21)24/h8-9,13-16,19,22,25H,2-7,10,12,17H2,1H3/t19?,22-,25?/m0/s1. The Labute approximate surface area is 184 Å². The lowest BCUT2D eigenvalue weighted by Gasteiger charge is -2.29. The first-order chi connectivity index (χ1) is 15.2. The minimum atomic E-state index is 0.0122. The summed E-state index contributed by atoms with van der Waals surface area (Å²) < 4.78 is 6.21. The predicted octanol–water partition coefficient (Wildman–Crippen LogP) is 4.26. The Morgan fingerprint density at radius 2 is 2.10 bits per heavy atom. The number of likely N-dealkylation sites (N-methyl/N-ethyl adjacent to an activating group) is 1. The highest BCUT2D eigenvalue weighted by molar-refractivity contribution is 5.95. The molecule has 0 bridgehead atoms. The summed E-state index contributed by atoms with van der Waals surface area (Å²) in [4.78, 5) is 11.9. The average molecular weight is 415 g/mol. The lowest BCUT2D eigenvalue weighted by molar-refractivity contribution is 0.188. The molecule has 5 heteroatoms. The molecule has 160 valence electrons. The molecule has 0 amide bonds. The Hall–Kier alpha value is -2.71. The van der Waals surface area contributed by atoms with Crippen LogP contribution in [0, 0.1) is 17.2 Å². The van der Waals surface area contributed by atoms with E-state index in [1.165, 1.54) is 41.5 Å². The Morgan fingerprint density at radius 3 is 2.94 bits per heavy atom. The Morgan fingerprint density at radius 1 is 1.19 bits per heavy atom. The Kier molecular flexibility index (Phi) is 5.74. The maximum Gasteiger partial charge on any atom is 0.213 e. The monoisotopic (exact) mass is 414 g/mol. The van der Waals surface area contributed by atoms with Crippen molar-refractivity contribution < 1.29 is 4.74 Å². The van der Waals surface area contributed by atoms with Crippen molar-refractivity contribution in [2.75, 3.05) is 20.2 Å². The molecule has 1 aromatic heterocycles. The van der Waals surface area contributed by atoms with E-state index in [9.17, 15) is 5.26 Å². The number of ether oxygens (including phenoxy) is 1. The number of rotatable bonds is 4. The van der Waals surface area contributed by atoms with Crippen LogP contribution in [0.15, 0.2) is 47.3 Å². The normalized spacial score (nSPS) is 27.5. The number of allylic oxidation sites excluding steroid dienone is 2. The van der Waals surface area contributed by atoms with Crippen molar-refractivity contribution in [3.8, 4) is 6.07 Å². The molecule has 1 fully saturated rings. The van der Waals surface area contributed by atoms with Crippen LogP contribution in [0.3, 0.4) is 0 Å². The lowest BCUT2D eigenvalue weighted by Crippen LogP contribution is -2.32. The minimum Gasteiger partial charge on any atom is -0.476 e. The molecular formula is C26H30N4O. The Bertz CT molecular complexity index is 1010. The van der Waals surface area contributed by atoms with Crippen LogP contribution in [0.5, 0.6) is 0 Å². The van der Waals surface area contributed by atoms with Crippen molar-refractivity contribution in [3.63, 3.8) is 0 Å². The quantitative estimate of drug-likeness (QED) is 0.739. The van der Waals surface area contributed by atoms with Gasteiger partial charge in [-0.1, -0.05) is 24.3 Å². The van der Waals surface area contributed by atoms with E-state index in [4.69, 9.17) is 9.73 Å². The molecule has 5 rings (SSSR count). The van der Waals surface area contributed by atoms with Crippen LogP contribution in [0.2, 0.25) is 0 Å². The van der Waals surface area contributed by atoms with Crippen molar-refractivity contribution in [1.82, 2.24) is 9.88 Å². The molecule has 3 atom stereocenters. The zero-order chi connectivity index (χ0) is 21.2. The zero-order valence-corrected chi connectivity index (χ0v) is 18.3. The molecule has 3 heterocycles. The van der Waals surface area contributed by atoms with E-state index in [0.717, 1.165) is 31.4 Å². The van der Waals surface area contributed by atoms with E-state index in [-0.39, 0.29) is 12.0 Å². The third-order valence-corrected chi connectivity index (χ3v) is 7.11. The van der Waals surface area contributed by atoms with Gasteiger partial charge in [0.1, 0.15) is 6.61 Å². The van der Waals surface area contributed by atoms with Gasteiger partial charge in [-0.15, -0.1) is 0 Å². The summed E-state index contributed by atoms with van der Waals surface area (Å²) in [7, 11) is 2.15. The third-order valence-electron chi connectivity index (χ3n) is 7.11. The molecular weight excluding hydrogens is 384 g/mol. The van der Waals surface area contributed by atoms with Gasteiger partial charge >= 0.3 is 0 Å². The number of nitrogens with zero attached hydrogens (tertiary/aromatic N) is 4. The van der Waals surface area contributed by atoms with Gasteiger partial charge in [-0.25, -0.2) is 4.99 Å². The molecule has 0 aromatic carbocycles. The maximum atomic E-state index is 9.31. The van der Waals surface area contributed by atoms with Crippen molar-refractivity contribution in [2.45, 2.75) is 57.0 Å². The highest BCUT2D eigenvalue weighted by Crippen LogP contribution is 2.35.